The lowest BCUT2D eigenvalue weighted by molar-refractivity contribution is -0.126. The Labute approximate surface area is 143 Å². The number of carbonyl (C=O) groups excluding carboxylic acids is 2. The SMILES string of the molecule is CCCCCNC(=O)C1CC(=O)N(c2c(C)cc(C)cc2Cl)C1. The molecule has 1 N–H and O–H groups in total. The van der Waals surface area contributed by atoms with E-state index in [0.29, 0.717) is 18.1 Å². The van der Waals surface area contributed by atoms with Crippen molar-refractivity contribution in [3.63, 3.8) is 0 Å². The number of aryl methyl sites for hydroxylation is 2. The van der Waals surface area contributed by atoms with Crippen molar-refractivity contribution in [3.05, 3.63) is 28.3 Å². The van der Waals surface area contributed by atoms with Crippen molar-refractivity contribution in [1.29, 1.82) is 0 Å². The van der Waals surface area contributed by atoms with Crippen molar-refractivity contribution >= 4 is 29.1 Å². The first kappa shape index (κ1) is 17.8. The molecule has 1 heterocycles. The van der Waals surface area contributed by atoms with Crippen LogP contribution >= 0.6 is 11.6 Å². The van der Waals surface area contributed by atoms with E-state index in [9.17, 15) is 9.59 Å². The molecule has 2 rings (SSSR count). The summed E-state index contributed by atoms with van der Waals surface area (Å²) in [6.45, 7) is 7.13. The highest BCUT2D eigenvalue weighted by Crippen LogP contribution is 2.35. The number of hydrogen-bond donors (Lipinski definition) is 1. The second kappa shape index (κ2) is 7.82. The van der Waals surface area contributed by atoms with E-state index in [2.05, 4.69) is 12.2 Å². The minimum Gasteiger partial charge on any atom is -0.356 e. The summed E-state index contributed by atoms with van der Waals surface area (Å²) in [4.78, 5) is 26.2. The fourth-order valence-corrected chi connectivity index (χ4v) is 3.50. The molecule has 1 unspecified atom stereocenters. The van der Waals surface area contributed by atoms with Gasteiger partial charge in [-0.15, -0.1) is 0 Å². The molecule has 1 aliphatic heterocycles. The lowest BCUT2D eigenvalue weighted by atomic mass is 10.1. The zero-order valence-corrected chi connectivity index (χ0v) is 14.9. The maximum atomic E-state index is 12.3. The Morgan fingerprint density at radius 3 is 2.74 bits per heavy atom. The Kier molecular flexibility index (Phi) is 6.05. The van der Waals surface area contributed by atoms with Gasteiger partial charge in [-0.3, -0.25) is 9.59 Å². The molecular weight excluding hydrogens is 312 g/mol. The number of benzene rings is 1. The molecule has 126 valence electrons. The Bertz CT molecular complexity index is 578. The van der Waals surface area contributed by atoms with Crippen LogP contribution in [0.2, 0.25) is 5.02 Å². The van der Waals surface area contributed by atoms with Gasteiger partial charge in [0, 0.05) is 19.5 Å². The second-order valence-electron chi connectivity index (χ2n) is 6.32. The van der Waals surface area contributed by atoms with E-state index >= 15 is 0 Å². The molecule has 1 aromatic rings. The van der Waals surface area contributed by atoms with Gasteiger partial charge >= 0.3 is 0 Å². The first-order chi connectivity index (χ1) is 10.9. The van der Waals surface area contributed by atoms with Gasteiger partial charge in [-0.2, -0.15) is 0 Å². The minimum absolute atomic E-state index is 0.0298. The summed E-state index contributed by atoms with van der Waals surface area (Å²) >= 11 is 6.33. The predicted octanol–water partition coefficient (Wildman–Crippen LogP) is 3.62. The molecule has 1 atom stereocenters. The summed E-state index contributed by atoms with van der Waals surface area (Å²) < 4.78 is 0. The lowest BCUT2D eigenvalue weighted by Crippen LogP contribution is -2.33. The molecule has 5 heteroatoms. The van der Waals surface area contributed by atoms with Gasteiger partial charge in [0.05, 0.1) is 16.6 Å². The number of halogens is 1. The van der Waals surface area contributed by atoms with Crippen LogP contribution in [-0.4, -0.2) is 24.9 Å². The molecule has 0 aliphatic carbocycles. The summed E-state index contributed by atoms with van der Waals surface area (Å²) in [7, 11) is 0. The molecule has 0 radical (unpaired) electrons. The Morgan fingerprint density at radius 1 is 1.35 bits per heavy atom. The Morgan fingerprint density at radius 2 is 2.09 bits per heavy atom. The number of anilines is 1. The van der Waals surface area contributed by atoms with Crippen molar-refractivity contribution in [3.8, 4) is 0 Å². The molecule has 1 aromatic carbocycles. The molecule has 0 aromatic heterocycles. The molecule has 23 heavy (non-hydrogen) atoms. The van der Waals surface area contributed by atoms with Crippen LogP contribution in [0.3, 0.4) is 0 Å². The fourth-order valence-electron chi connectivity index (χ4n) is 3.08. The van der Waals surface area contributed by atoms with Gasteiger partial charge in [0.25, 0.3) is 0 Å². The third kappa shape index (κ3) is 4.25. The monoisotopic (exact) mass is 336 g/mol. The van der Waals surface area contributed by atoms with Crippen molar-refractivity contribution in [2.75, 3.05) is 18.0 Å². The van der Waals surface area contributed by atoms with Crippen molar-refractivity contribution in [1.82, 2.24) is 5.32 Å². The number of nitrogens with zero attached hydrogens (tertiary/aromatic N) is 1. The topological polar surface area (TPSA) is 49.4 Å². The maximum Gasteiger partial charge on any atom is 0.227 e. The van der Waals surface area contributed by atoms with Crippen LogP contribution < -0.4 is 10.2 Å². The van der Waals surface area contributed by atoms with Crippen molar-refractivity contribution < 1.29 is 9.59 Å². The lowest BCUT2D eigenvalue weighted by Gasteiger charge is -2.21. The van der Waals surface area contributed by atoms with Crippen LogP contribution in [0.15, 0.2) is 12.1 Å². The van der Waals surface area contributed by atoms with E-state index in [0.717, 1.165) is 36.1 Å². The highest BCUT2D eigenvalue weighted by Gasteiger charge is 2.36. The number of unbranched alkanes of at least 4 members (excludes halogenated alkanes) is 2. The summed E-state index contributed by atoms with van der Waals surface area (Å²) in [5.74, 6) is -0.355. The molecule has 1 saturated heterocycles. The average molecular weight is 337 g/mol. The van der Waals surface area contributed by atoms with Crippen LogP contribution in [0.5, 0.6) is 0 Å². The smallest absolute Gasteiger partial charge is 0.227 e. The first-order valence-electron chi connectivity index (χ1n) is 8.28. The Balaban J connectivity index is 2.04. The third-order valence-electron chi connectivity index (χ3n) is 4.24. The zero-order valence-electron chi connectivity index (χ0n) is 14.1. The van der Waals surface area contributed by atoms with Crippen LogP contribution in [0.1, 0.15) is 43.7 Å². The van der Waals surface area contributed by atoms with Crippen LogP contribution in [0.4, 0.5) is 5.69 Å². The highest BCUT2D eigenvalue weighted by molar-refractivity contribution is 6.34. The van der Waals surface area contributed by atoms with E-state index in [1.165, 1.54) is 0 Å². The van der Waals surface area contributed by atoms with Gasteiger partial charge in [0.2, 0.25) is 11.8 Å². The van der Waals surface area contributed by atoms with Crippen LogP contribution in [-0.2, 0) is 9.59 Å². The van der Waals surface area contributed by atoms with Crippen LogP contribution in [0, 0.1) is 19.8 Å². The van der Waals surface area contributed by atoms with E-state index in [1.54, 1.807) is 4.90 Å². The molecular formula is C18H25ClN2O2. The maximum absolute atomic E-state index is 12.3. The molecule has 1 fully saturated rings. The molecule has 0 saturated carbocycles. The number of hydrogen-bond acceptors (Lipinski definition) is 2. The number of nitrogens with one attached hydrogen (secondary N) is 1. The van der Waals surface area contributed by atoms with E-state index in [4.69, 9.17) is 11.6 Å². The largest absolute Gasteiger partial charge is 0.356 e. The molecule has 0 spiro atoms. The Hall–Kier alpha value is -1.55. The highest BCUT2D eigenvalue weighted by atomic mass is 35.5. The quantitative estimate of drug-likeness (QED) is 0.807. The second-order valence-corrected chi connectivity index (χ2v) is 6.72. The third-order valence-corrected chi connectivity index (χ3v) is 4.53. The average Bonchev–Trinajstić information content (AvgIpc) is 2.84. The van der Waals surface area contributed by atoms with Gasteiger partial charge < -0.3 is 10.2 Å². The molecule has 1 aliphatic rings. The fraction of sp³-hybridized carbons (Fsp3) is 0.556. The summed E-state index contributed by atoms with van der Waals surface area (Å²) in [5.41, 5.74) is 2.77. The summed E-state index contributed by atoms with van der Waals surface area (Å²) in [6, 6.07) is 3.86. The number of rotatable bonds is 6. The summed E-state index contributed by atoms with van der Waals surface area (Å²) in [6.07, 6.45) is 3.46. The van der Waals surface area contributed by atoms with Crippen molar-refractivity contribution in [2.45, 2.75) is 46.5 Å². The zero-order chi connectivity index (χ0) is 17.0. The number of carbonyl (C=O) groups is 2. The minimum atomic E-state index is -0.291. The predicted molar refractivity (Wildman–Crippen MR) is 93.9 cm³/mol. The van der Waals surface area contributed by atoms with E-state index < -0.39 is 0 Å². The van der Waals surface area contributed by atoms with Gasteiger partial charge in [-0.1, -0.05) is 37.4 Å². The van der Waals surface area contributed by atoms with Gasteiger partial charge in [0.15, 0.2) is 0 Å². The van der Waals surface area contributed by atoms with Crippen LogP contribution in [0.25, 0.3) is 0 Å². The molecule has 2 amide bonds. The van der Waals surface area contributed by atoms with E-state index in [1.807, 2.05) is 26.0 Å². The molecule has 0 bridgehead atoms. The van der Waals surface area contributed by atoms with Gasteiger partial charge in [-0.05, 0) is 37.5 Å². The standard InChI is InChI=1S/C18H25ClN2O2/c1-4-5-6-7-20-18(23)14-10-16(22)21(11-14)17-13(3)8-12(2)9-15(17)19/h8-9,14H,4-7,10-11H2,1-3H3,(H,20,23). The van der Waals surface area contributed by atoms with Gasteiger partial charge in [-0.25, -0.2) is 0 Å². The first-order valence-corrected chi connectivity index (χ1v) is 8.66. The normalized spacial score (nSPS) is 17.7. The van der Waals surface area contributed by atoms with E-state index in [-0.39, 0.29) is 24.2 Å². The van der Waals surface area contributed by atoms with Gasteiger partial charge in [0.1, 0.15) is 0 Å². The van der Waals surface area contributed by atoms with Crippen molar-refractivity contribution in [2.24, 2.45) is 5.92 Å². The number of amides is 2. The summed E-state index contributed by atoms with van der Waals surface area (Å²) in [5, 5.41) is 3.51. The molecule has 4 nitrogen and oxygen atoms in total.